The van der Waals surface area contributed by atoms with E-state index in [4.69, 9.17) is 4.74 Å². The molecule has 1 saturated heterocycles. The molecule has 1 aromatic rings. The molecule has 1 heterocycles. The number of carbonyl (C=O) groups excluding carboxylic acids is 1. The van der Waals surface area contributed by atoms with Crippen LogP contribution in [0.3, 0.4) is 0 Å². The summed E-state index contributed by atoms with van der Waals surface area (Å²) in [6.07, 6.45) is 1.01. The lowest BCUT2D eigenvalue weighted by atomic mass is 10.0. The van der Waals surface area contributed by atoms with Crippen molar-refractivity contribution >= 4 is 5.91 Å². The minimum atomic E-state index is -0.710. The Morgan fingerprint density at radius 2 is 2.05 bits per heavy atom. The highest BCUT2D eigenvalue weighted by atomic mass is 16.5. The number of amides is 1. The van der Waals surface area contributed by atoms with Crippen molar-refractivity contribution in [1.29, 1.82) is 0 Å². The summed E-state index contributed by atoms with van der Waals surface area (Å²) in [6.45, 7) is 5.03. The molecule has 0 spiro atoms. The third kappa shape index (κ3) is 3.58. The lowest BCUT2D eigenvalue weighted by Gasteiger charge is -2.40. The second-order valence-electron chi connectivity index (χ2n) is 5.79. The van der Waals surface area contributed by atoms with E-state index in [0.717, 1.165) is 19.5 Å². The van der Waals surface area contributed by atoms with Crippen LogP contribution in [0.4, 0.5) is 0 Å². The average Bonchev–Trinajstić information content (AvgIpc) is 2.45. The van der Waals surface area contributed by atoms with Crippen molar-refractivity contribution in [3.8, 4) is 0 Å². The smallest absolute Gasteiger partial charge is 0.255 e. The van der Waals surface area contributed by atoms with Gasteiger partial charge in [-0.2, -0.15) is 0 Å². The number of morpholine rings is 1. The van der Waals surface area contributed by atoms with Gasteiger partial charge in [0.15, 0.2) is 5.60 Å². The molecular formula is C16H24N2O2. The number of ether oxygens (including phenoxy) is 1. The van der Waals surface area contributed by atoms with Gasteiger partial charge in [0.1, 0.15) is 0 Å². The van der Waals surface area contributed by atoms with Crippen LogP contribution in [0.2, 0.25) is 0 Å². The van der Waals surface area contributed by atoms with Gasteiger partial charge in [0.25, 0.3) is 5.91 Å². The number of carbonyl (C=O) groups is 1. The molecule has 0 unspecified atom stereocenters. The molecule has 110 valence electrons. The fraction of sp³-hybridized carbons (Fsp3) is 0.562. The maximum atomic E-state index is 12.2. The van der Waals surface area contributed by atoms with Gasteiger partial charge in [0.2, 0.25) is 0 Å². The highest BCUT2D eigenvalue weighted by Crippen LogP contribution is 2.20. The first-order valence-electron chi connectivity index (χ1n) is 7.13. The summed E-state index contributed by atoms with van der Waals surface area (Å²) in [5, 5.41) is 0. The average molecular weight is 276 g/mol. The molecular weight excluding hydrogens is 252 g/mol. The van der Waals surface area contributed by atoms with Gasteiger partial charge in [-0.25, -0.2) is 0 Å². The Bertz CT molecular complexity index is 447. The van der Waals surface area contributed by atoms with E-state index < -0.39 is 5.60 Å². The van der Waals surface area contributed by atoms with E-state index in [2.05, 4.69) is 29.2 Å². The van der Waals surface area contributed by atoms with E-state index in [1.807, 2.05) is 13.0 Å². The van der Waals surface area contributed by atoms with Crippen LogP contribution in [0.15, 0.2) is 30.3 Å². The van der Waals surface area contributed by atoms with E-state index in [-0.39, 0.29) is 5.91 Å². The fourth-order valence-electron chi connectivity index (χ4n) is 2.68. The van der Waals surface area contributed by atoms with Crippen LogP contribution >= 0.6 is 0 Å². The first-order chi connectivity index (χ1) is 9.51. The van der Waals surface area contributed by atoms with Crippen molar-refractivity contribution in [1.82, 2.24) is 9.80 Å². The van der Waals surface area contributed by atoms with Crippen LogP contribution in [0.25, 0.3) is 0 Å². The van der Waals surface area contributed by atoms with Gasteiger partial charge in [-0.3, -0.25) is 9.69 Å². The van der Waals surface area contributed by atoms with Gasteiger partial charge >= 0.3 is 0 Å². The molecule has 0 bridgehead atoms. The largest absolute Gasteiger partial charge is 0.363 e. The van der Waals surface area contributed by atoms with Gasteiger partial charge in [-0.1, -0.05) is 30.3 Å². The molecule has 0 saturated carbocycles. The van der Waals surface area contributed by atoms with Gasteiger partial charge in [0.05, 0.1) is 6.61 Å². The number of hydrogen-bond acceptors (Lipinski definition) is 3. The molecule has 1 aliphatic rings. The first kappa shape index (κ1) is 15.0. The Morgan fingerprint density at radius 1 is 1.35 bits per heavy atom. The van der Waals surface area contributed by atoms with Gasteiger partial charge < -0.3 is 9.64 Å². The molecule has 4 nitrogen and oxygen atoms in total. The number of benzene rings is 1. The molecule has 4 heteroatoms. The molecule has 0 aliphatic carbocycles. The zero-order chi connectivity index (χ0) is 14.6. The molecule has 1 atom stereocenters. The topological polar surface area (TPSA) is 32.8 Å². The van der Waals surface area contributed by atoms with E-state index in [1.165, 1.54) is 5.56 Å². The van der Waals surface area contributed by atoms with Crippen molar-refractivity contribution in [3.63, 3.8) is 0 Å². The normalized spacial score (nSPS) is 23.6. The van der Waals surface area contributed by atoms with Crippen LogP contribution in [-0.2, 0) is 16.0 Å². The van der Waals surface area contributed by atoms with Crippen molar-refractivity contribution in [2.45, 2.75) is 18.9 Å². The number of nitrogens with zero attached hydrogens (tertiary/aromatic N) is 2. The van der Waals surface area contributed by atoms with Crippen molar-refractivity contribution in [3.05, 3.63) is 35.9 Å². The molecule has 1 aromatic carbocycles. The summed E-state index contributed by atoms with van der Waals surface area (Å²) in [5.74, 6) is 0.0434. The van der Waals surface area contributed by atoms with Crippen molar-refractivity contribution in [2.24, 2.45) is 0 Å². The Balaban J connectivity index is 1.92. The Labute approximate surface area is 121 Å². The molecule has 0 radical (unpaired) electrons. The van der Waals surface area contributed by atoms with Crippen molar-refractivity contribution in [2.75, 3.05) is 40.3 Å². The summed E-state index contributed by atoms with van der Waals surface area (Å²) < 4.78 is 5.74. The minimum absolute atomic E-state index is 0.0434. The fourth-order valence-corrected chi connectivity index (χ4v) is 2.68. The molecule has 2 rings (SSSR count). The summed E-state index contributed by atoms with van der Waals surface area (Å²) >= 11 is 0. The molecule has 1 fully saturated rings. The molecule has 1 aliphatic heterocycles. The summed E-state index contributed by atoms with van der Waals surface area (Å²) in [4.78, 5) is 16.1. The summed E-state index contributed by atoms with van der Waals surface area (Å²) in [7, 11) is 3.56. The molecule has 20 heavy (non-hydrogen) atoms. The van der Waals surface area contributed by atoms with Crippen LogP contribution in [0, 0.1) is 0 Å². The first-order valence-corrected chi connectivity index (χ1v) is 7.13. The molecule has 0 N–H and O–H groups in total. The Kier molecular flexibility index (Phi) is 4.78. The summed E-state index contributed by atoms with van der Waals surface area (Å²) in [6, 6.07) is 10.4. The molecule has 0 aromatic heterocycles. The lowest BCUT2D eigenvalue weighted by Crippen LogP contribution is -2.58. The van der Waals surface area contributed by atoms with Gasteiger partial charge in [-0.05, 0) is 18.9 Å². The predicted molar refractivity (Wildman–Crippen MR) is 79.6 cm³/mol. The van der Waals surface area contributed by atoms with Crippen LogP contribution < -0.4 is 0 Å². The van der Waals surface area contributed by atoms with E-state index in [0.29, 0.717) is 13.2 Å². The second-order valence-corrected chi connectivity index (χ2v) is 5.79. The van der Waals surface area contributed by atoms with Gasteiger partial charge in [0, 0.05) is 33.7 Å². The third-order valence-electron chi connectivity index (χ3n) is 3.77. The van der Waals surface area contributed by atoms with E-state index >= 15 is 0 Å². The highest BCUT2D eigenvalue weighted by Gasteiger charge is 2.39. The number of likely N-dealkylation sites (N-methyl/N-ethyl adjacent to an activating group) is 1. The van der Waals surface area contributed by atoms with Gasteiger partial charge in [-0.15, -0.1) is 0 Å². The standard InChI is InChI=1S/C16H24N2O2/c1-16(15(19)17(2)3)13-18(11-12-20-16)10-9-14-7-5-4-6-8-14/h4-8H,9-13H2,1-3H3/t16-/m1/s1. The number of hydrogen-bond donors (Lipinski definition) is 0. The van der Waals surface area contributed by atoms with Crippen molar-refractivity contribution < 1.29 is 9.53 Å². The Hall–Kier alpha value is -1.39. The van der Waals surface area contributed by atoms with Crippen LogP contribution in [-0.4, -0.2) is 61.6 Å². The zero-order valence-electron chi connectivity index (χ0n) is 12.6. The monoisotopic (exact) mass is 276 g/mol. The quantitative estimate of drug-likeness (QED) is 0.833. The maximum Gasteiger partial charge on any atom is 0.255 e. The Morgan fingerprint density at radius 3 is 2.70 bits per heavy atom. The number of rotatable bonds is 4. The van der Waals surface area contributed by atoms with Crippen LogP contribution in [0.1, 0.15) is 12.5 Å². The van der Waals surface area contributed by atoms with E-state index in [9.17, 15) is 4.79 Å². The predicted octanol–water partition coefficient (Wildman–Crippen LogP) is 1.41. The highest BCUT2D eigenvalue weighted by molar-refractivity contribution is 5.84. The lowest BCUT2D eigenvalue weighted by molar-refractivity contribution is -0.164. The molecule has 1 amide bonds. The van der Waals surface area contributed by atoms with E-state index in [1.54, 1.807) is 19.0 Å². The van der Waals surface area contributed by atoms with Crippen LogP contribution in [0.5, 0.6) is 0 Å². The zero-order valence-corrected chi connectivity index (χ0v) is 12.6. The second kappa shape index (κ2) is 6.37. The summed E-state index contributed by atoms with van der Waals surface area (Å²) in [5.41, 5.74) is 0.623. The maximum absolute atomic E-state index is 12.2. The SMILES string of the molecule is CN(C)C(=O)[C@@]1(C)CN(CCc2ccccc2)CCO1. The minimum Gasteiger partial charge on any atom is -0.363 e. The third-order valence-corrected chi connectivity index (χ3v) is 3.77.